The molecule has 2 aliphatic rings. The molecule has 1 saturated heterocycles. The number of carbonyl (C=O) groups excluding carboxylic acids is 1. The molecule has 2 fully saturated rings. The normalized spacial score (nSPS) is 25.2. The lowest BCUT2D eigenvalue weighted by Crippen LogP contribution is -2.52. The molecule has 3 atom stereocenters. The first-order valence-corrected chi connectivity index (χ1v) is 9.10. The lowest BCUT2D eigenvalue weighted by Gasteiger charge is -2.42. The number of nitrogens with one attached hydrogen (secondary N) is 1. The fraction of sp³-hybridized carbons (Fsp3) is 0.526. The monoisotopic (exact) mass is 339 g/mol. The number of amides is 1. The Morgan fingerprint density at radius 1 is 1.20 bits per heavy atom. The van der Waals surface area contributed by atoms with Gasteiger partial charge >= 0.3 is 0 Å². The van der Waals surface area contributed by atoms with Crippen LogP contribution >= 0.6 is 0 Å². The fourth-order valence-corrected chi connectivity index (χ4v) is 3.88. The highest BCUT2D eigenvalue weighted by atomic mass is 16.2. The van der Waals surface area contributed by atoms with Crippen LogP contribution < -0.4 is 5.32 Å². The van der Waals surface area contributed by atoms with E-state index in [-0.39, 0.29) is 24.0 Å². The molecule has 0 bridgehead atoms. The van der Waals surface area contributed by atoms with E-state index in [9.17, 15) is 4.79 Å². The quantitative estimate of drug-likeness (QED) is 0.908. The van der Waals surface area contributed by atoms with Crippen LogP contribution in [0.1, 0.15) is 56.2 Å². The van der Waals surface area contributed by atoms with Crippen molar-refractivity contribution in [1.82, 2.24) is 24.8 Å². The summed E-state index contributed by atoms with van der Waals surface area (Å²) in [6.07, 6.45) is 9.24. The number of hydrogen-bond donors (Lipinski definition) is 1. The van der Waals surface area contributed by atoms with Gasteiger partial charge in [-0.15, -0.1) is 0 Å². The van der Waals surface area contributed by atoms with Gasteiger partial charge in [-0.1, -0.05) is 6.07 Å². The third kappa shape index (κ3) is 3.18. The van der Waals surface area contributed by atoms with Crippen LogP contribution in [-0.4, -0.2) is 37.4 Å². The Morgan fingerprint density at radius 2 is 2.04 bits per heavy atom. The van der Waals surface area contributed by atoms with Crippen LogP contribution in [0.2, 0.25) is 0 Å². The van der Waals surface area contributed by atoms with Crippen LogP contribution in [0.15, 0.2) is 36.8 Å². The summed E-state index contributed by atoms with van der Waals surface area (Å²) in [6, 6.07) is 6.65. The predicted molar refractivity (Wildman–Crippen MR) is 94.6 cm³/mol. The molecule has 6 heteroatoms. The minimum Gasteiger partial charge on any atom is -0.336 e. The number of carbonyl (C=O) groups is 1. The molecule has 0 spiro atoms. The van der Waals surface area contributed by atoms with Crippen molar-refractivity contribution >= 4 is 5.91 Å². The van der Waals surface area contributed by atoms with E-state index in [1.54, 1.807) is 0 Å². The molecule has 2 aromatic heterocycles. The number of piperidine rings is 1. The molecule has 1 unspecified atom stereocenters. The number of pyridine rings is 1. The van der Waals surface area contributed by atoms with E-state index in [0.29, 0.717) is 12.5 Å². The molecule has 1 aliphatic heterocycles. The first-order valence-electron chi connectivity index (χ1n) is 9.10. The number of imidazole rings is 1. The van der Waals surface area contributed by atoms with Gasteiger partial charge in [-0.25, -0.2) is 4.98 Å². The highest BCUT2D eigenvalue weighted by Gasteiger charge is 2.45. The molecule has 0 radical (unpaired) electrons. The van der Waals surface area contributed by atoms with Gasteiger partial charge in [-0.3, -0.25) is 9.78 Å². The van der Waals surface area contributed by atoms with Crippen molar-refractivity contribution < 1.29 is 4.79 Å². The number of nitrogens with zero attached hydrogens (tertiary/aromatic N) is 4. The molecule has 25 heavy (non-hydrogen) atoms. The fourth-order valence-electron chi connectivity index (χ4n) is 3.88. The summed E-state index contributed by atoms with van der Waals surface area (Å²) in [7, 11) is 2.01. The van der Waals surface area contributed by atoms with Gasteiger partial charge in [0.15, 0.2) is 0 Å². The van der Waals surface area contributed by atoms with Crippen LogP contribution in [0.5, 0.6) is 0 Å². The summed E-state index contributed by atoms with van der Waals surface area (Å²) in [5.41, 5.74) is 1.02. The van der Waals surface area contributed by atoms with Gasteiger partial charge < -0.3 is 14.8 Å². The Morgan fingerprint density at radius 3 is 2.68 bits per heavy atom. The third-order valence-corrected chi connectivity index (χ3v) is 5.30. The molecular formula is C19H25N5O. The standard InChI is InChI=1S/C19H25N5O/c1-13(15-5-3-4-10-20-15)22-16-8-9-17(25)24(14-6-7-14)18(16)19-21-11-12-23(19)2/h3-5,10-14,16,18,22H,6-9H2,1-2H3/t13?,16-,18-/m1/s1. The lowest BCUT2D eigenvalue weighted by molar-refractivity contribution is -0.139. The molecule has 1 saturated carbocycles. The molecule has 1 amide bonds. The second kappa shape index (κ2) is 6.59. The second-order valence-electron chi connectivity index (χ2n) is 7.16. The molecular weight excluding hydrogens is 314 g/mol. The summed E-state index contributed by atoms with van der Waals surface area (Å²) < 4.78 is 2.04. The summed E-state index contributed by atoms with van der Waals surface area (Å²) >= 11 is 0. The number of hydrogen-bond acceptors (Lipinski definition) is 4. The SMILES string of the molecule is CC(N[C@@H]1CCC(=O)N(C2CC2)[C@H]1c1nccn1C)c1ccccn1. The average molecular weight is 339 g/mol. The predicted octanol–water partition coefficient (Wildman–Crippen LogP) is 2.36. The van der Waals surface area contributed by atoms with Gasteiger partial charge in [0.05, 0.1) is 5.69 Å². The first kappa shape index (κ1) is 16.3. The zero-order chi connectivity index (χ0) is 17.4. The van der Waals surface area contributed by atoms with Crippen molar-refractivity contribution in [3.05, 3.63) is 48.3 Å². The Labute approximate surface area is 148 Å². The highest BCUT2D eigenvalue weighted by molar-refractivity contribution is 5.78. The molecule has 1 N–H and O–H groups in total. The van der Waals surface area contributed by atoms with Crippen molar-refractivity contribution in [2.75, 3.05) is 0 Å². The van der Waals surface area contributed by atoms with Crippen molar-refractivity contribution in [2.24, 2.45) is 7.05 Å². The van der Waals surface area contributed by atoms with Gasteiger partial charge in [0.25, 0.3) is 0 Å². The summed E-state index contributed by atoms with van der Waals surface area (Å²) in [6.45, 7) is 2.13. The molecule has 3 heterocycles. The Balaban J connectivity index is 1.62. The van der Waals surface area contributed by atoms with Gasteiger partial charge in [0.2, 0.25) is 5.91 Å². The van der Waals surface area contributed by atoms with Gasteiger partial charge in [-0.05, 0) is 38.3 Å². The van der Waals surface area contributed by atoms with E-state index < -0.39 is 0 Å². The smallest absolute Gasteiger partial charge is 0.223 e. The lowest BCUT2D eigenvalue weighted by atomic mass is 9.93. The zero-order valence-corrected chi connectivity index (χ0v) is 14.8. The van der Waals surface area contributed by atoms with Crippen LogP contribution in [-0.2, 0) is 11.8 Å². The molecule has 132 valence electrons. The van der Waals surface area contributed by atoms with Gasteiger partial charge in [-0.2, -0.15) is 0 Å². The minimum atomic E-state index is -0.0140. The average Bonchev–Trinajstić information content (AvgIpc) is 3.38. The third-order valence-electron chi connectivity index (χ3n) is 5.30. The molecule has 1 aliphatic carbocycles. The van der Waals surface area contributed by atoms with Crippen LogP contribution in [0, 0.1) is 0 Å². The van der Waals surface area contributed by atoms with E-state index in [2.05, 4.69) is 27.1 Å². The van der Waals surface area contributed by atoms with E-state index in [0.717, 1.165) is 30.8 Å². The van der Waals surface area contributed by atoms with Crippen LogP contribution in [0.3, 0.4) is 0 Å². The van der Waals surface area contributed by atoms with E-state index in [1.165, 1.54) is 0 Å². The van der Waals surface area contributed by atoms with E-state index in [4.69, 9.17) is 0 Å². The van der Waals surface area contributed by atoms with Gasteiger partial charge in [0.1, 0.15) is 11.9 Å². The number of likely N-dealkylation sites (tertiary alicyclic amines) is 1. The van der Waals surface area contributed by atoms with Crippen LogP contribution in [0.25, 0.3) is 0 Å². The summed E-state index contributed by atoms with van der Waals surface area (Å²) in [4.78, 5) is 23.8. The van der Waals surface area contributed by atoms with Crippen molar-refractivity contribution in [1.29, 1.82) is 0 Å². The maximum Gasteiger partial charge on any atom is 0.223 e. The molecule has 2 aromatic rings. The number of rotatable bonds is 5. The van der Waals surface area contributed by atoms with E-state index >= 15 is 0 Å². The Hall–Kier alpha value is -2.21. The highest BCUT2D eigenvalue weighted by Crippen LogP contribution is 2.40. The van der Waals surface area contributed by atoms with Crippen molar-refractivity contribution in [2.45, 2.75) is 56.8 Å². The van der Waals surface area contributed by atoms with Gasteiger partial charge in [0, 0.05) is 50.2 Å². The summed E-state index contributed by atoms with van der Waals surface area (Å²) in [5, 5.41) is 3.72. The number of aryl methyl sites for hydroxylation is 1. The summed E-state index contributed by atoms with van der Waals surface area (Å²) in [5.74, 6) is 1.23. The Kier molecular flexibility index (Phi) is 4.29. The molecule has 6 nitrogen and oxygen atoms in total. The first-order chi connectivity index (χ1) is 12.1. The molecule has 0 aromatic carbocycles. The number of aromatic nitrogens is 3. The van der Waals surface area contributed by atoms with Crippen molar-refractivity contribution in [3.63, 3.8) is 0 Å². The van der Waals surface area contributed by atoms with Crippen molar-refractivity contribution in [3.8, 4) is 0 Å². The second-order valence-corrected chi connectivity index (χ2v) is 7.16. The largest absolute Gasteiger partial charge is 0.336 e. The topological polar surface area (TPSA) is 63.1 Å². The Bertz CT molecular complexity index is 739. The molecule has 4 rings (SSSR count). The zero-order valence-electron chi connectivity index (χ0n) is 14.8. The maximum absolute atomic E-state index is 12.6. The van der Waals surface area contributed by atoms with E-state index in [1.807, 2.05) is 48.4 Å². The van der Waals surface area contributed by atoms with Crippen LogP contribution in [0.4, 0.5) is 0 Å². The minimum absolute atomic E-state index is 0.0140. The maximum atomic E-state index is 12.6.